The molecule has 144 valence electrons. The lowest BCUT2D eigenvalue weighted by molar-refractivity contribution is -0.138. The van der Waals surface area contributed by atoms with Crippen molar-refractivity contribution in [2.24, 2.45) is 17.4 Å². The lowest BCUT2D eigenvalue weighted by Crippen LogP contribution is -2.53. The van der Waals surface area contributed by atoms with E-state index < -0.39 is 42.3 Å². The number of nitrogens with one attached hydrogen (secondary N) is 3. The SMILES string of the molecule is CC(C)C(N)C(=O)NC(CCCCN)C(=O)NCC(=O)NCC(=O)O. The van der Waals surface area contributed by atoms with Gasteiger partial charge < -0.3 is 32.5 Å². The van der Waals surface area contributed by atoms with Crippen LogP contribution in [0.1, 0.15) is 33.1 Å². The van der Waals surface area contributed by atoms with Gasteiger partial charge in [-0.3, -0.25) is 19.2 Å². The molecule has 2 unspecified atom stereocenters. The predicted molar refractivity (Wildman–Crippen MR) is 91.3 cm³/mol. The molecule has 0 saturated carbocycles. The van der Waals surface area contributed by atoms with Gasteiger partial charge in [0.1, 0.15) is 12.6 Å². The van der Waals surface area contributed by atoms with Gasteiger partial charge in [-0.15, -0.1) is 0 Å². The van der Waals surface area contributed by atoms with Gasteiger partial charge in [0.15, 0.2) is 0 Å². The highest BCUT2D eigenvalue weighted by atomic mass is 16.4. The standard InChI is InChI=1S/C15H29N5O5/c1-9(2)13(17)15(25)20-10(5-3-4-6-16)14(24)19-7-11(21)18-8-12(22)23/h9-10,13H,3-8,16-17H2,1-2H3,(H,18,21)(H,19,24)(H,20,25)(H,22,23). The van der Waals surface area contributed by atoms with Crippen LogP contribution in [0.3, 0.4) is 0 Å². The van der Waals surface area contributed by atoms with E-state index in [1.807, 2.05) is 0 Å². The van der Waals surface area contributed by atoms with Gasteiger partial charge in [0, 0.05) is 0 Å². The van der Waals surface area contributed by atoms with E-state index in [0.717, 1.165) is 0 Å². The van der Waals surface area contributed by atoms with Gasteiger partial charge in [0.2, 0.25) is 17.7 Å². The summed E-state index contributed by atoms with van der Waals surface area (Å²) >= 11 is 0. The van der Waals surface area contributed by atoms with Crippen molar-refractivity contribution in [3.8, 4) is 0 Å². The number of carboxylic acid groups (broad SMARTS) is 1. The third-order valence-corrected chi connectivity index (χ3v) is 3.46. The summed E-state index contributed by atoms with van der Waals surface area (Å²) in [5, 5.41) is 15.6. The van der Waals surface area contributed by atoms with E-state index in [2.05, 4.69) is 16.0 Å². The van der Waals surface area contributed by atoms with Gasteiger partial charge in [-0.05, 0) is 31.7 Å². The Kier molecular flexibility index (Phi) is 11.1. The van der Waals surface area contributed by atoms with Gasteiger partial charge >= 0.3 is 5.97 Å². The van der Waals surface area contributed by atoms with E-state index in [4.69, 9.17) is 16.6 Å². The van der Waals surface area contributed by atoms with Crippen LogP contribution in [0.5, 0.6) is 0 Å². The van der Waals surface area contributed by atoms with Gasteiger partial charge in [0.25, 0.3) is 0 Å². The monoisotopic (exact) mass is 359 g/mol. The van der Waals surface area contributed by atoms with Crippen molar-refractivity contribution in [3.05, 3.63) is 0 Å². The number of hydrogen-bond donors (Lipinski definition) is 6. The van der Waals surface area contributed by atoms with Crippen LogP contribution in [-0.2, 0) is 19.2 Å². The molecule has 10 heteroatoms. The summed E-state index contributed by atoms with van der Waals surface area (Å²) in [4.78, 5) is 46.1. The highest BCUT2D eigenvalue weighted by molar-refractivity contribution is 5.92. The smallest absolute Gasteiger partial charge is 0.322 e. The van der Waals surface area contributed by atoms with Crippen LogP contribution in [0.2, 0.25) is 0 Å². The molecule has 0 aliphatic rings. The molecule has 0 radical (unpaired) electrons. The molecule has 0 spiro atoms. The van der Waals surface area contributed by atoms with Crippen molar-refractivity contribution >= 4 is 23.7 Å². The summed E-state index contributed by atoms with van der Waals surface area (Å²) < 4.78 is 0. The fraction of sp³-hybridized carbons (Fsp3) is 0.733. The van der Waals surface area contributed by atoms with Gasteiger partial charge in [-0.2, -0.15) is 0 Å². The van der Waals surface area contributed by atoms with Gasteiger partial charge in [-0.25, -0.2) is 0 Å². The number of rotatable bonds is 12. The maximum absolute atomic E-state index is 12.2. The third-order valence-electron chi connectivity index (χ3n) is 3.46. The Bertz CT molecular complexity index is 469. The molecule has 0 bridgehead atoms. The van der Waals surface area contributed by atoms with Crippen LogP contribution >= 0.6 is 0 Å². The van der Waals surface area contributed by atoms with Crippen molar-refractivity contribution in [1.82, 2.24) is 16.0 Å². The predicted octanol–water partition coefficient (Wildman–Crippen LogP) is -2.10. The van der Waals surface area contributed by atoms with Crippen molar-refractivity contribution in [1.29, 1.82) is 0 Å². The summed E-state index contributed by atoms with van der Waals surface area (Å²) in [7, 11) is 0. The van der Waals surface area contributed by atoms with E-state index in [1.165, 1.54) is 0 Å². The Morgan fingerprint density at radius 1 is 1.00 bits per heavy atom. The number of carboxylic acids is 1. The number of carbonyl (C=O) groups excluding carboxylic acids is 3. The molecule has 0 saturated heterocycles. The molecule has 0 aromatic rings. The second kappa shape index (κ2) is 12.2. The zero-order valence-electron chi connectivity index (χ0n) is 14.7. The second-order valence-electron chi connectivity index (χ2n) is 6.00. The van der Waals surface area contributed by atoms with Gasteiger partial charge in [0.05, 0.1) is 12.6 Å². The molecule has 2 atom stereocenters. The zero-order chi connectivity index (χ0) is 19.4. The Balaban J connectivity index is 4.62. The average Bonchev–Trinajstić information content (AvgIpc) is 2.55. The Labute approximate surface area is 147 Å². The Morgan fingerprint density at radius 2 is 1.64 bits per heavy atom. The largest absolute Gasteiger partial charge is 0.480 e. The number of amides is 3. The highest BCUT2D eigenvalue weighted by Gasteiger charge is 2.25. The Morgan fingerprint density at radius 3 is 2.16 bits per heavy atom. The normalized spacial score (nSPS) is 13.0. The minimum Gasteiger partial charge on any atom is -0.480 e. The van der Waals surface area contributed by atoms with Crippen LogP contribution in [0, 0.1) is 5.92 Å². The topological polar surface area (TPSA) is 177 Å². The van der Waals surface area contributed by atoms with E-state index in [0.29, 0.717) is 25.8 Å². The fourth-order valence-corrected chi connectivity index (χ4v) is 1.86. The highest BCUT2D eigenvalue weighted by Crippen LogP contribution is 2.04. The zero-order valence-corrected chi connectivity index (χ0v) is 14.7. The van der Waals surface area contributed by atoms with Crippen LogP contribution in [-0.4, -0.2) is 60.5 Å². The summed E-state index contributed by atoms with van der Waals surface area (Å²) in [6.45, 7) is 3.13. The minimum absolute atomic E-state index is 0.0884. The molecule has 0 rings (SSSR count). The minimum atomic E-state index is -1.19. The number of unbranched alkanes of at least 4 members (excludes halogenated alkanes) is 1. The molecule has 10 nitrogen and oxygen atoms in total. The molecule has 3 amide bonds. The molecule has 0 aromatic carbocycles. The van der Waals surface area contributed by atoms with Crippen LogP contribution in [0.25, 0.3) is 0 Å². The molecule has 0 aliphatic heterocycles. The lowest BCUT2D eigenvalue weighted by atomic mass is 10.0. The average molecular weight is 359 g/mol. The molecule has 25 heavy (non-hydrogen) atoms. The van der Waals surface area contributed by atoms with E-state index in [9.17, 15) is 19.2 Å². The second-order valence-corrected chi connectivity index (χ2v) is 6.00. The lowest BCUT2D eigenvalue weighted by Gasteiger charge is -2.22. The molecule has 0 fully saturated rings. The first-order chi connectivity index (χ1) is 11.7. The van der Waals surface area contributed by atoms with Crippen LogP contribution < -0.4 is 27.4 Å². The molecule has 0 heterocycles. The van der Waals surface area contributed by atoms with Gasteiger partial charge in [-0.1, -0.05) is 13.8 Å². The van der Waals surface area contributed by atoms with Crippen molar-refractivity contribution in [3.63, 3.8) is 0 Å². The first-order valence-electron chi connectivity index (χ1n) is 8.21. The first-order valence-corrected chi connectivity index (χ1v) is 8.21. The molecular formula is C15H29N5O5. The molecule has 8 N–H and O–H groups in total. The quantitative estimate of drug-likeness (QED) is 0.216. The molecular weight excluding hydrogens is 330 g/mol. The van der Waals surface area contributed by atoms with Crippen molar-refractivity contribution in [2.75, 3.05) is 19.6 Å². The Hall–Kier alpha value is -2.20. The first kappa shape index (κ1) is 22.8. The maximum atomic E-state index is 12.2. The number of hydrogen-bond acceptors (Lipinski definition) is 6. The molecule has 0 aromatic heterocycles. The van der Waals surface area contributed by atoms with Crippen LogP contribution in [0.15, 0.2) is 0 Å². The summed E-state index contributed by atoms with van der Waals surface area (Å²) in [6, 6.07) is -1.58. The number of carbonyl (C=O) groups is 4. The van der Waals surface area contributed by atoms with E-state index >= 15 is 0 Å². The molecule has 0 aliphatic carbocycles. The fourth-order valence-electron chi connectivity index (χ4n) is 1.86. The van der Waals surface area contributed by atoms with Crippen molar-refractivity contribution < 1.29 is 24.3 Å². The van der Waals surface area contributed by atoms with Crippen molar-refractivity contribution in [2.45, 2.75) is 45.2 Å². The number of nitrogens with two attached hydrogens (primary N) is 2. The van der Waals surface area contributed by atoms with Crippen LogP contribution in [0.4, 0.5) is 0 Å². The summed E-state index contributed by atoms with van der Waals surface area (Å²) in [5.41, 5.74) is 11.2. The summed E-state index contributed by atoms with van der Waals surface area (Å²) in [6.07, 6.45) is 1.67. The van der Waals surface area contributed by atoms with E-state index in [1.54, 1.807) is 13.8 Å². The maximum Gasteiger partial charge on any atom is 0.322 e. The van der Waals surface area contributed by atoms with E-state index in [-0.39, 0.29) is 12.5 Å². The summed E-state index contributed by atoms with van der Waals surface area (Å²) in [5.74, 6) is -2.89. The number of aliphatic carboxylic acids is 1. The third kappa shape index (κ3) is 10.3.